The van der Waals surface area contributed by atoms with Gasteiger partial charge in [0.15, 0.2) is 11.5 Å². The Bertz CT molecular complexity index is 834. The first-order valence-corrected chi connectivity index (χ1v) is 11.3. The van der Waals surface area contributed by atoms with Crippen molar-refractivity contribution in [3.8, 4) is 23.0 Å². The van der Waals surface area contributed by atoms with E-state index in [1.54, 1.807) is 6.07 Å². The summed E-state index contributed by atoms with van der Waals surface area (Å²) in [6.07, 6.45) is 5.66. The van der Waals surface area contributed by atoms with E-state index < -0.39 is 5.97 Å². The van der Waals surface area contributed by atoms with E-state index in [1.165, 1.54) is 6.92 Å². The smallest absolute Gasteiger partial charge is 0.308 e. The Labute approximate surface area is 184 Å². The largest absolute Gasteiger partial charge is 0.489 e. The van der Waals surface area contributed by atoms with Crippen LogP contribution in [0.25, 0.3) is 10.8 Å². The van der Waals surface area contributed by atoms with Crippen molar-refractivity contribution >= 4 is 28.3 Å². The molecule has 0 saturated heterocycles. The summed E-state index contributed by atoms with van der Waals surface area (Å²) in [5.74, 6) is 1.39. The molecule has 0 aliphatic rings. The number of carbonyl (C=O) groups is 1. The van der Waals surface area contributed by atoms with Gasteiger partial charge in [0.05, 0.1) is 19.8 Å². The number of halogens is 1. The minimum atomic E-state index is -0.425. The lowest BCUT2D eigenvalue weighted by molar-refractivity contribution is -0.131. The van der Waals surface area contributed by atoms with Crippen molar-refractivity contribution in [1.29, 1.82) is 0 Å². The molecule has 0 atom stereocenters. The van der Waals surface area contributed by atoms with Crippen LogP contribution < -0.4 is 18.9 Å². The molecule has 0 amide bonds. The number of benzene rings is 2. The average molecular weight is 437 g/mol. The first kappa shape index (κ1) is 24.1. The van der Waals surface area contributed by atoms with Crippen LogP contribution in [-0.2, 0) is 4.79 Å². The molecular formula is C24H33ClO5. The summed E-state index contributed by atoms with van der Waals surface area (Å²) in [7, 11) is 0. The summed E-state index contributed by atoms with van der Waals surface area (Å²) < 4.78 is 24.1. The molecule has 6 heteroatoms. The molecule has 2 aromatic rings. The van der Waals surface area contributed by atoms with Crippen LogP contribution in [0.3, 0.4) is 0 Å². The maximum absolute atomic E-state index is 11.9. The van der Waals surface area contributed by atoms with Crippen molar-refractivity contribution in [2.45, 2.75) is 66.2 Å². The second-order valence-electron chi connectivity index (χ2n) is 7.21. The summed E-state index contributed by atoms with van der Waals surface area (Å²) in [4.78, 5) is 11.9. The van der Waals surface area contributed by atoms with Gasteiger partial charge in [-0.25, -0.2) is 0 Å². The normalized spacial score (nSPS) is 10.8. The molecule has 5 nitrogen and oxygen atoms in total. The molecule has 166 valence electrons. The molecule has 0 saturated carbocycles. The zero-order valence-electron chi connectivity index (χ0n) is 18.5. The third-order valence-electron chi connectivity index (χ3n) is 4.57. The Kier molecular flexibility index (Phi) is 10.1. The number of esters is 1. The number of ether oxygens (including phenoxy) is 4. The number of rotatable bonds is 13. The summed E-state index contributed by atoms with van der Waals surface area (Å²) >= 11 is 6.30. The highest BCUT2D eigenvalue weighted by molar-refractivity contribution is 6.31. The predicted molar refractivity (Wildman–Crippen MR) is 121 cm³/mol. The Hall–Kier alpha value is -2.14. The van der Waals surface area contributed by atoms with Gasteiger partial charge in [0.25, 0.3) is 0 Å². The zero-order valence-corrected chi connectivity index (χ0v) is 19.3. The van der Waals surface area contributed by atoms with Crippen LogP contribution in [0.5, 0.6) is 23.0 Å². The molecule has 0 bridgehead atoms. The van der Waals surface area contributed by atoms with E-state index in [0.29, 0.717) is 53.2 Å². The number of unbranched alkanes of at least 4 members (excludes halogenated alkanes) is 3. The molecule has 0 heterocycles. The van der Waals surface area contributed by atoms with E-state index in [4.69, 9.17) is 30.5 Å². The minimum Gasteiger partial charge on any atom is -0.489 e. The predicted octanol–water partition coefficient (Wildman–Crippen LogP) is 6.96. The van der Waals surface area contributed by atoms with Crippen molar-refractivity contribution in [3.05, 3.63) is 23.2 Å². The summed E-state index contributed by atoms with van der Waals surface area (Å²) in [6, 6.07) is 5.40. The van der Waals surface area contributed by atoms with Gasteiger partial charge in [0.1, 0.15) is 0 Å². The van der Waals surface area contributed by atoms with Crippen molar-refractivity contribution in [2.75, 3.05) is 19.8 Å². The second-order valence-corrected chi connectivity index (χ2v) is 7.64. The third-order valence-corrected chi connectivity index (χ3v) is 4.80. The highest BCUT2D eigenvalue weighted by Crippen LogP contribution is 2.52. The van der Waals surface area contributed by atoms with Gasteiger partial charge < -0.3 is 18.9 Å². The van der Waals surface area contributed by atoms with Crippen LogP contribution in [-0.4, -0.2) is 25.8 Å². The topological polar surface area (TPSA) is 54.0 Å². The van der Waals surface area contributed by atoms with E-state index in [9.17, 15) is 4.79 Å². The van der Waals surface area contributed by atoms with Crippen LogP contribution in [0, 0.1) is 0 Å². The Morgan fingerprint density at radius 1 is 0.767 bits per heavy atom. The number of fused-ring (bicyclic) bond motifs is 1. The lowest BCUT2D eigenvalue weighted by atomic mass is 10.1. The van der Waals surface area contributed by atoms with Gasteiger partial charge in [-0.2, -0.15) is 0 Å². The maximum Gasteiger partial charge on any atom is 0.308 e. The third kappa shape index (κ3) is 6.43. The van der Waals surface area contributed by atoms with Gasteiger partial charge in [-0.05, 0) is 37.5 Å². The molecule has 0 N–H and O–H groups in total. The summed E-state index contributed by atoms with van der Waals surface area (Å²) in [5, 5.41) is 2.01. The molecule has 2 aromatic carbocycles. The minimum absolute atomic E-state index is 0.347. The van der Waals surface area contributed by atoms with Gasteiger partial charge in [-0.3, -0.25) is 4.79 Å². The van der Waals surface area contributed by atoms with Crippen LogP contribution >= 0.6 is 11.6 Å². The Balaban J connectivity index is 2.72. The fourth-order valence-corrected chi connectivity index (χ4v) is 3.13. The molecule has 0 radical (unpaired) electrons. The highest BCUT2D eigenvalue weighted by atomic mass is 35.5. The van der Waals surface area contributed by atoms with Crippen molar-refractivity contribution in [1.82, 2.24) is 0 Å². The van der Waals surface area contributed by atoms with E-state index in [1.807, 2.05) is 12.1 Å². The van der Waals surface area contributed by atoms with E-state index in [-0.39, 0.29) is 0 Å². The molecular weight excluding hydrogens is 404 g/mol. The zero-order chi connectivity index (χ0) is 21.9. The van der Waals surface area contributed by atoms with Crippen LogP contribution in [0.2, 0.25) is 5.02 Å². The number of hydrogen-bond acceptors (Lipinski definition) is 5. The van der Waals surface area contributed by atoms with E-state index in [0.717, 1.165) is 43.9 Å². The average Bonchev–Trinajstić information content (AvgIpc) is 2.71. The number of hydrogen-bond donors (Lipinski definition) is 0. The van der Waals surface area contributed by atoms with Gasteiger partial charge in [0, 0.05) is 22.7 Å². The van der Waals surface area contributed by atoms with Gasteiger partial charge in [0.2, 0.25) is 11.5 Å². The van der Waals surface area contributed by atoms with Crippen molar-refractivity contribution in [3.63, 3.8) is 0 Å². The maximum atomic E-state index is 11.9. The van der Waals surface area contributed by atoms with Gasteiger partial charge in [-0.1, -0.05) is 51.6 Å². The summed E-state index contributed by atoms with van der Waals surface area (Å²) in [6.45, 7) is 9.23. The Morgan fingerprint density at radius 3 is 1.77 bits per heavy atom. The first-order chi connectivity index (χ1) is 14.5. The van der Waals surface area contributed by atoms with E-state index >= 15 is 0 Å². The second kappa shape index (κ2) is 12.5. The van der Waals surface area contributed by atoms with Crippen molar-refractivity contribution < 1.29 is 23.7 Å². The molecule has 0 aromatic heterocycles. The lowest BCUT2D eigenvalue weighted by Gasteiger charge is -2.22. The molecule has 2 rings (SSSR count). The molecule has 0 fully saturated rings. The van der Waals surface area contributed by atoms with Gasteiger partial charge >= 0.3 is 5.97 Å². The SMILES string of the molecule is CCCCOc1c(OCCCC)c(OC(C)=O)c2ccc(Cl)cc2c1OCCCC. The fourth-order valence-electron chi connectivity index (χ4n) is 2.96. The quantitative estimate of drug-likeness (QED) is 0.193. The number of carbonyl (C=O) groups excluding carboxylic acids is 1. The molecule has 0 unspecified atom stereocenters. The van der Waals surface area contributed by atoms with Crippen LogP contribution in [0.1, 0.15) is 66.2 Å². The monoisotopic (exact) mass is 436 g/mol. The first-order valence-electron chi connectivity index (χ1n) is 10.9. The lowest BCUT2D eigenvalue weighted by Crippen LogP contribution is -2.10. The van der Waals surface area contributed by atoms with Crippen LogP contribution in [0.4, 0.5) is 0 Å². The standard InChI is InChI=1S/C24H33ClO5/c1-5-8-13-27-21-20-16-18(25)11-12-19(20)22(30-17(4)26)24(29-15-10-7-3)23(21)28-14-9-6-2/h11-12,16H,5-10,13-15H2,1-4H3. The van der Waals surface area contributed by atoms with Crippen LogP contribution in [0.15, 0.2) is 18.2 Å². The van der Waals surface area contributed by atoms with Gasteiger partial charge in [-0.15, -0.1) is 0 Å². The molecule has 0 aliphatic carbocycles. The molecule has 0 spiro atoms. The Morgan fingerprint density at radius 2 is 1.27 bits per heavy atom. The molecule has 0 aliphatic heterocycles. The van der Waals surface area contributed by atoms with Crippen molar-refractivity contribution in [2.24, 2.45) is 0 Å². The fraction of sp³-hybridized carbons (Fsp3) is 0.542. The summed E-state index contributed by atoms with van der Waals surface area (Å²) in [5.41, 5.74) is 0. The highest BCUT2D eigenvalue weighted by Gasteiger charge is 2.26. The molecule has 30 heavy (non-hydrogen) atoms. The van der Waals surface area contributed by atoms with E-state index in [2.05, 4.69) is 20.8 Å².